The van der Waals surface area contributed by atoms with Gasteiger partial charge in [-0.15, -0.1) is 0 Å². The Morgan fingerprint density at radius 3 is 2.39 bits per heavy atom. The fourth-order valence-corrected chi connectivity index (χ4v) is 6.74. The number of halogens is 2. The van der Waals surface area contributed by atoms with Crippen molar-refractivity contribution in [1.82, 2.24) is 30.9 Å². The maximum Gasteiger partial charge on any atom is 0.307 e. The average molecular weight is 781 g/mol. The number of carbonyl (C=O) groups excluding carboxylic acids is 1. The lowest BCUT2D eigenvalue weighted by Crippen LogP contribution is -2.46. The molecule has 54 heavy (non-hydrogen) atoms. The molecule has 3 N–H and O–H groups in total. The van der Waals surface area contributed by atoms with Crippen LogP contribution in [0.1, 0.15) is 25.8 Å². The van der Waals surface area contributed by atoms with E-state index in [1.165, 1.54) is 6.33 Å². The molecular formula is C38H47Cl2N9O5. The molecule has 0 bridgehead atoms. The van der Waals surface area contributed by atoms with Gasteiger partial charge in [0.25, 0.3) is 0 Å². The van der Waals surface area contributed by atoms with Crippen LogP contribution < -0.4 is 30.7 Å². The Morgan fingerprint density at radius 1 is 1.04 bits per heavy atom. The number of aromatic nitrogens is 3. The minimum absolute atomic E-state index is 0.101. The quantitative estimate of drug-likeness (QED) is 0.0579. The number of piperazine rings is 1. The van der Waals surface area contributed by atoms with Gasteiger partial charge in [0.1, 0.15) is 50.1 Å². The van der Waals surface area contributed by atoms with Crippen molar-refractivity contribution in [3.05, 3.63) is 95.0 Å². The molecule has 2 aliphatic heterocycles. The second kappa shape index (κ2) is 18.7. The number of nitrogens with one attached hydrogen (secondary N) is 3. The Labute approximate surface area is 325 Å². The molecule has 2 fully saturated rings. The van der Waals surface area contributed by atoms with Gasteiger partial charge in [-0.2, -0.15) is 5.10 Å². The summed E-state index contributed by atoms with van der Waals surface area (Å²) in [6.07, 6.45) is 4.39. The first-order valence-corrected chi connectivity index (χ1v) is 18.8. The third-order valence-corrected chi connectivity index (χ3v) is 9.91. The van der Waals surface area contributed by atoms with Crippen LogP contribution in [0.25, 0.3) is 0 Å². The molecule has 0 saturated carbocycles. The number of ether oxygens (including phenoxy) is 4. The summed E-state index contributed by atoms with van der Waals surface area (Å²) in [6.45, 7) is 8.86. The maximum absolute atomic E-state index is 11.8. The van der Waals surface area contributed by atoms with E-state index in [0.29, 0.717) is 41.8 Å². The molecule has 0 aliphatic carbocycles. The standard InChI is InChI=1S/C38H47Cl2N9O5/c1-27(28(2)53-37(50)14-15-41-3)46-44-25-43-30-5-7-31(8-6-30)47-16-18-48(19-17-47)32-9-11-33(12-10-32)51-21-34-22-52-38(54-34,23-49-26-42-24-45-49)35-13-4-29(39)20-36(35)40/h4-13,20,24-28,34,41,46H,14-19,21-23H2,1-3H3,(H,43,44). The molecule has 1 aromatic heterocycles. The molecule has 2 saturated heterocycles. The molecule has 3 aromatic carbocycles. The molecule has 4 unspecified atom stereocenters. The van der Waals surface area contributed by atoms with Crippen molar-refractivity contribution in [3.8, 4) is 5.75 Å². The molecule has 0 radical (unpaired) electrons. The van der Waals surface area contributed by atoms with Gasteiger partial charge in [0, 0.05) is 54.7 Å². The van der Waals surface area contributed by atoms with Gasteiger partial charge < -0.3 is 39.5 Å². The van der Waals surface area contributed by atoms with Crippen LogP contribution in [0.2, 0.25) is 10.0 Å². The number of anilines is 2. The molecule has 4 aromatic rings. The number of rotatable bonds is 17. The van der Waals surface area contributed by atoms with Crippen LogP contribution in [0.5, 0.6) is 5.75 Å². The third kappa shape index (κ3) is 10.4. The van der Waals surface area contributed by atoms with E-state index in [2.05, 4.69) is 65.3 Å². The van der Waals surface area contributed by atoms with E-state index >= 15 is 0 Å². The van der Waals surface area contributed by atoms with Gasteiger partial charge in [0.2, 0.25) is 5.79 Å². The highest BCUT2D eigenvalue weighted by Crippen LogP contribution is 2.40. The minimum Gasteiger partial charge on any atom is -0.491 e. The molecule has 14 nitrogen and oxygen atoms in total. The second-order valence-corrected chi connectivity index (χ2v) is 14.0. The lowest BCUT2D eigenvalue weighted by atomic mass is 10.1. The summed E-state index contributed by atoms with van der Waals surface area (Å²) >= 11 is 12.8. The molecule has 0 spiro atoms. The van der Waals surface area contributed by atoms with Crippen LogP contribution in [-0.4, -0.2) is 98.3 Å². The zero-order chi connectivity index (χ0) is 37.9. The van der Waals surface area contributed by atoms with Crippen LogP contribution in [-0.2, 0) is 31.3 Å². The van der Waals surface area contributed by atoms with Crippen molar-refractivity contribution < 1.29 is 23.7 Å². The lowest BCUT2D eigenvalue weighted by Gasteiger charge is -2.37. The highest BCUT2D eigenvalue weighted by Gasteiger charge is 2.45. The number of esters is 1. The van der Waals surface area contributed by atoms with Gasteiger partial charge >= 0.3 is 5.97 Å². The highest BCUT2D eigenvalue weighted by atomic mass is 35.5. The summed E-state index contributed by atoms with van der Waals surface area (Å²) in [6, 6.07) is 21.5. The molecule has 4 atom stereocenters. The SMILES string of the molecule is CNCCC(=O)OC(C)C(C)NNC=Nc1ccc(N2CCN(c3ccc(OCC4COC(Cn5cncn5)(c5ccc(Cl)cc5Cl)O4)cc3)CC2)cc1. The van der Waals surface area contributed by atoms with Gasteiger partial charge in [-0.05, 0) is 81.6 Å². The van der Waals surface area contributed by atoms with Crippen LogP contribution in [0.3, 0.4) is 0 Å². The van der Waals surface area contributed by atoms with E-state index < -0.39 is 5.79 Å². The number of hydrazine groups is 1. The van der Waals surface area contributed by atoms with E-state index in [-0.39, 0.29) is 30.8 Å². The Hall–Kier alpha value is -4.44. The molecule has 288 valence electrons. The zero-order valence-electron chi connectivity index (χ0n) is 30.7. The first-order valence-electron chi connectivity index (χ1n) is 18.0. The normalized spacial score (nSPS) is 19.9. The summed E-state index contributed by atoms with van der Waals surface area (Å²) in [5.74, 6) is -0.640. The van der Waals surface area contributed by atoms with Crippen molar-refractivity contribution in [2.24, 2.45) is 4.99 Å². The van der Waals surface area contributed by atoms with Gasteiger partial charge in [-0.25, -0.2) is 20.1 Å². The van der Waals surface area contributed by atoms with Crippen molar-refractivity contribution >= 4 is 52.6 Å². The molecule has 6 rings (SSSR count). The minimum atomic E-state index is -1.16. The average Bonchev–Trinajstić information content (AvgIpc) is 3.85. The number of benzene rings is 3. The van der Waals surface area contributed by atoms with E-state index in [4.69, 9.17) is 42.1 Å². The maximum atomic E-state index is 11.8. The molecular weight excluding hydrogens is 733 g/mol. The third-order valence-electron chi connectivity index (χ3n) is 9.36. The van der Waals surface area contributed by atoms with Crippen molar-refractivity contribution in [2.75, 3.05) is 62.8 Å². The number of hydrogen-bond donors (Lipinski definition) is 3. The molecule has 0 amide bonds. The smallest absolute Gasteiger partial charge is 0.307 e. The summed E-state index contributed by atoms with van der Waals surface area (Å²) in [5, 5.41) is 8.15. The fourth-order valence-electron chi connectivity index (χ4n) is 6.19. The lowest BCUT2D eigenvalue weighted by molar-refractivity contribution is -0.190. The Balaban J connectivity index is 0.932. The Bertz CT molecular complexity index is 1810. The number of aliphatic imine (C=N–C) groups is 1. The molecule has 16 heteroatoms. The van der Waals surface area contributed by atoms with Gasteiger partial charge in [-0.3, -0.25) is 4.79 Å². The second-order valence-electron chi connectivity index (χ2n) is 13.2. The van der Waals surface area contributed by atoms with Crippen LogP contribution in [0.4, 0.5) is 17.1 Å². The number of carbonyl (C=O) groups is 1. The summed E-state index contributed by atoms with van der Waals surface area (Å²) in [4.78, 5) is 25.1. The fraction of sp³-hybridized carbons (Fsp3) is 0.421. The number of hydrogen-bond acceptors (Lipinski definition) is 12. The highest BCUT2D eigenvalue weighted by molar-refractivity contribution is 6.35. The monoisotopic (exact) mass is 779 g/mol. The summed E-state index contributed by atoms with van der Waals surface area (Å²) < 4.78 is 26.0. The first-order chi connectivity index (χ1) is 26.2. The van der Waals surface area contributed by atoms with Gasteiger partial charge in [0.15, 0.2) is 0 Å². The predicted molar refractivity (Wildman–Crippen MR) is 210 cm³/mol. The summed E-state index contributed by atoms with van der Waals surface area (Å²) in [5.41, 5.74) is 9.88. The van der Waals surface area contributed by atoms with Crippen LogP contribution in [0, 0.1) is 0 Å². The Kier molecular flexibility index (Phi) is 13.6. The largest absolute Gasteiger partial charge is 0.491 e. The number of nitrogens with zero attached hydrogens (tertiary/aromatic N) is 6. The molecule has 2 aliphatic rings. The van der Waals surface area contributed by atoms with Gasteiger partial charge in [-0.1, -0.05) is 29.3 Å². The van der Waals surface area contributed by atoms with Crippen molar-refractivity contribution in [2.45, 2.75) is 50.8 Å². The van der Waals surface area contributed by atoms with Crippen LogP contribution in [0.15, 0.2) is 84.4 Å². The first kappa shape index (κ1) is 39.3. The van der Waals surface area contributed by atoms with E-state index in [1.807, 2.05) is 44.2 Å². The van der Waals surface area contributed by atoms with Crippen molar-refractivity contribution in [3.63, 3.8) is 0 Å². The van der Waals surface area contributed by atoms with Crippen LogP contribution >= 0.6 is 23.2 Å². The molecule has 3 heterocycles. The predicted octanol–water partition coefficient (Wildman–Crippen LogP) is 4.94. The Morgan fingerprint density at radius 2 is 1.74 bits per heavy atom. The summed E-state index contributed by atoms with van der Waals surface area (Å²) in [7, 11) is 1.80. The van der Waals surface area contributed by atoms with Gasteiger partial charge in [0.05, 0.1) is 29.8 Å². The zero-order valence-corrected chi connectivity index (χ0v) is 32.2. The van der Waals surface area contributed by atoms with E-state index in [1.54, 1.807) is 36.5 Å². The van der Waals surface area contributed by atoms with Crippen molar-refractivity contribution in [1.29, 1.82) is 0 Å². The van der Waals surface area contributed by atoms with E-state index in [0.717, 1.165) is 49.0 Å². The topological polar surface area (TPSA) is 140 Å². The van der Waals surface area contributed by atoms with E-state index in [9.17, 15) is 4.79 Å².